The second-order valence-electron chi connectivity index (χ2n) is 5.85. The molecule has 0 spiro atoms. The predicted molar refractivity (Wildman–Crippen MR) is 104 cm³/mol. The van der Waals surface area contributed by atoms with Crippen LogP contribution < -0.4 is 4.74 Å². The van der Waals surface area contributed by atoms with Gasteiger partial charge >= 0.3 is 5.97 Å². The molecule has 0 aliphatic heterocycles. The number of halogens is 4. The molecule has 1 rings (SSSR count). The smallest absolute Gasteiger partial charge is 0.311 e. The van der Waals surface area contributed by atoms with Crippen LogP contribution in [-0.2, 0) is 4.79 Å². The first-order valence-electron chi connectivity index (χ1n) is 8.51. The molecule has 0 bridgehead atoms. The number of benzene rings is 1. The van der Waals surface area contributed by atoms with Crippen LogP contribution in [0, 0.1) is 0 Å². The van der Waals surface area contributed by atoms with Crippen molar-refractivity contribution in [2.45, 2.75) is 71.1 Å². The highest BCUT2D eigenvalue weighted by Gasteiger charge is 2.17. The number of esters is 1. The molecule has 0 heterocycles. The Morgan fingerprint density at radius 1 is 0.833 bits per heavy atom. The molecule has 0 saturated carbocycles. The summed E-state index contributed by atoms with van der Waals surface area (Å²) < 4.78 is 5.24. The van der Waals surface area contributed by atoms with Crippen LogP contribution in [0.5, 0.6) is 5.75 Å². The third-order valence-electron chi connectivity index (χ3n) is 3.77. The lowest BCUT2D eigenvalue weighted by atomic mass is 10.1. The molecule has 6 heteroatoms. The van der Waals surface area contributed by atoms with Gasteiger partial charge in [0.05, 0.1) is 15.1 Å². The van der Waals surface area contributed by atoms with Gasteiger partial charge in [-0.3, -0.25) is 4.79 Å². The molecule has 0 aliphatic rings. The minimum absolute atomic E-state index is 0.0644. The van der Waals surface area contributed by atoms with Crippen molar-refractivity contribution in [2.75, 3.05) is 0 Å². The zero-order chi connectivity index (χ0) is 17.9. The maximum atomic E-state index is 11.9. The van der Waals surface area contributed by atoms with E-state index < -0.39 is 0 Å². The van der Waals surface area contributed by atoms with Crippen molar-refractivity contribution in [2.24, 2.45) is 0 Å². The fraction of sp³-hybridized carbons (Fsp3) is 0.611. The monoisotopic (exact) mass is 412 g/mol. The van der Waals surface area contributed by atoms with Gasteiger partial charge in [-0.1, -0.05) is 105 Å². The van der Waals surface area contributed by atoms with E-state index in [0.29, 0.717) is 6.42 Å². The molecule has 0 fully saturated rings. The normalized spacial score (nSPS) is 10.9. The third-order valence-corrected chi connectivity index (χ3v) is 5.30. The molecule has 1 aromatic carbocycles. The van der Waals surface area contributed by atoms with E-state index in [0.717, 1.165) is 19.3 Å². The number of ether oxygens (including phenoxy) is 1. The van der Waals surface area contributed by atoms with Crippen LogP contribution in [-0.4, -0.2) is 5.97 Å². The molecule has 0 amide bonds. The lowest BCUT2D eigenvalue weighted by Gasteiger charge is -2.10. The number of rotatable bonds is 11. The van der Waals surface area contributed by atoms with Gasteiger partial charge < -0.3 is 4.74 Å². The average Bonchev–Trinajstić information content (AvgIpc) is 2.55. The molecule has 0 radical (unpaired) electrons. The van der Waals surface area contributed by atoms with Gasteiger partial charge in [-0.15, -0.1) is 0 Å². The molecule has 2 nitrogen and oxygen atoms in total. The number of carbonyl (C=O) groups is 1. The van der Waals surface area contributed by atoms with Gasteiger partial charge in [0.25, 0.3) is 0 Å². The second-order valence-corrected chi connectivity index (χ2v) is 7.42. The van der Waals surface area contributed by atoms with Crippen LogP contribution in [0.1, 0.15) is 71.1 Å². The van der Waals surface area contributed by atoms with E-state index in [9.17, 15) is 4.79 Å². The first-order chi connectivity index (χ1) is 11.5. The van der Waals surface area contributed by atoms with Crippen molar-refractivity contribution in [3.8, 4) is 5.75 Å². The fourth-order valence-corrected chi connectivity index (χ4v) is 3.37. The van der Waals surface area contributed by atoms with Crippen LogP contribution in [0.3, 0.4) is 0 Å². The van der Waals surface area contributed by atoms with E-state index in [1.807, 2.05) is 0 Å². The van der Waals surface area contributed by atoms with Crippen molar-refractivity contribution < 1.29 is 9.53 Å². The summed E-state index contributed by atoms with van der Waals surface area (Å²) in [4.78, 5) is 11.9. The predicted octanol–water partition coefficient (Wildman–Crippen LogP) is 8.13. The van der Waals surface area contributed by atoms with Gasteiger partial charge in [-0.2, -0.15) is 0 Å². The van der Waals surface area contributed by atoms with Crippen LogP contribution in [0.4, 0.5) is 0 Å². The Balaban J connectivity index is 2.25. The number of carbonyl (C=O) groups excluding carboxylic acids is 1. The molecule has 24 heavy (non-hydrogen) atoms. The summed E-state index contributed by atoms with van der Waals surface area (Å²) >= 11 is 23.8. The number of hydrogen-bond donors (Lipinski definition) is 0. The maximum absolute atomic E-state index is 11.9. The highest BCUT2D eigenvalue weighted by Crippen LogP contribution is 2.42. The number of unbranched alkanes of at least 4 members (excludes halogenated alkanes) is 8. The van der Waals surface area contributed by atoms with E-state index in [1.165, 1.54) is 44.6 Å². The second kappa shape index (κ2) is 12.2. The Kier molecular flexibility index (Phi) is 11.2. The van der Waals surface area contributed by atoms with Crippen molar-refractivity contribution in [3.63, 3.8) is 0 Å². The van der Waals surface area contributed by atoms with Crippen LogP contribution in [0.25, 0.3) is 0 Å². The molecule has 0 N–H and O–H groups in total. The van der Waals surface area contributed by atoms with E-state index in [4.69, 9.17) is 51.1 Å². The Morgan fingerprint density at radius 3 is 1.96 bits per heavy atom. The van der Waals surface area contributed by atoms with Crippen LogP contribution >= 0.6 is 46.4 Å². The molecule has 0 aromatic heterocycles. The molecule has 0 unspecified atom stereocenters. The van der Waals surface area contributed by atoms with E-state index in [-0.39, 0.29) is 31.8 Å². The zero-order valence-corrected chi connectivity index (χ0v) is 17.0. The summed E-state index contributed by atoms with van der Waals surface area (Å²) in [6.45, 7) is 2.22. The summed E-state index contributed by atoms with van der Waals surface area (Å²) in [5.74, 6) is -0.284. The van der Waals surface area contributed by atoms with E-state index in [1.54, 1.807) is 0 Å². The third kappa shape index (κ3) is 7.82. The molecule has 136 valence electrons. The SMILES string of the molecule is CCCCCCCCCCCC(=O)Oc1c(Cl)cc(Cl)c(Cl)c1Cl. The van der Waals surface area contributed by atoms with Crippen molar-refractivity contribution >= 4 is 52.4 Å². The van der Waals surface area contributed by atoms with Crippen molar-refractivity contribution in [3.05, 3.63) is 26.2 Å². The first-order valence-corrected chi connectivity index (χ1v) is 10.0. The van der Waals surface area contributed by atoms with Gasteiger partial charge in [0.15, 0.2) is 5.75 Å². The minimum atomic E-state index is -0.361. The molecular formula is C18H24Cl4O2. The van der Waals surface area contributed by atoms with Gasteiger partial charge in [0.2, 0.25) is 0 Å². The first kappa shape index (κ1) is 21.9. The summed E-state index contributed by atoms with van der Waals surface area (Å²) in [5, 5.41) is 0.600. The lowest BCUT2D eigenvalue weighted by molar-refractivity contribution is -0.134. The summed E-state index contributed by atoms with van der Waals surface area (Å²) in [7, 11) is 0. The molecular weight excluding hydrogens is 390 g/mol. The molecule has 0 atom stereocenters. The minimum Gasteiger partial charge on any atom is -0.423 e. The average molecular weight is 414 g/mol. The molecule has 0 aliphatic carbocycles. The summed E-state index contributed by atoms with van der Waals surface area (Å²) in [6.07, 6.45) is 11.0. The Morgan fingerprint density at radius 2 is 1.38 bits per heavy atom. The quantitative estimate of drug-likeness (QED) is 0.120. The van der Waals surface area contributed by atoms with Crippen molar-refractivity contribution in [1.82, 2.24) is 0 Å². The van der Waals surface area contributed by atoms with Gasteiger partial charge in [0.1, 0.15) is 5.02 Å². The standard InChI is InChI=1S/C18H24Cl4O2/c1-2-3-4-5-6-7-8-9-10-11-15(23)24-18-14(20)12-13(19)16(21)17(18)22/h12H,2-11H2,1H3. The summed E-state index contributed by atoms with van der Waals surface area (Å²) in [5.41, 5.74) is 0. The maximum Gasteiger partial charge on any atom is 0.311 e. The highest BCUT2D eigenvalue weighted by molar-refractivity contribution is 6.50. The van der Waals surface area contributed by atoms with Crippen molar-refractivity contribution in [1.29, 1.82) is 0 Å². The Bertz CT molecular complexity index is 532. The van der Waals surface area contributed by atoms with Gasteiger partial charge in [0, 0.05) is 6.42 Å². The van der Waals surface area contributed by atoms with Crippen LogP contribution in [0.2, 0.25) is 20.1 Å². The van der Waals surface area contributed by atoms with Gasteiger partial charge in [-0.25, -0.2) is 0 Å². The topological polar surface area (TPSA) is 26.3 Å². The Labute approximate surface area is 164 Å². The van der Waals surface area contributed by atoms with E-state index in [2.05, 4.69) is 6.92 Å². The number of hydrogen-bond acceptors (Lipinski definition) is 2. The highest BCUT2D eigenvalue weighted by atomic mass is 35.5. The molecule has 0 saturated heterocycles. The largest absolute Gasteiger partial charge is 0.423 e. The van der Waals surface area contributed by atoms with Gasteiger partial charge in [-0.05, 0) is 12.5 Å². The zero-order valence-electron chi connectivity index (χ0n) is 14.0. The van der Waals surface area contributed by atoms with E-state index >= 15 is 0 Å². The van der Waals surface area contributed by atoms with Crippen LogP contribution in [0.15, 0.2) is 6.07 Å². The fourth-order valence-electron chi connectivity index (χ4n) is 2.39. The summed E-state index contributed by atoms with van der Waals surface area (Å²) in [6, 6.07) is 1.42. The molecule has 1 aromatic rings. The lowest BCUT2D eigenvalue weighted by Crippen LogP contribution is -2.08. The Hall–Kier alpha value is -0.150.